The van der Waals surface area contributed by atoms with E-state index in [0.717, 1.165) is 43.2 Å². The third-order valence-corrected chi connectivity index (χ3v) is 4.16. The first kappa shape index (κ1) is 16.3. The van der Waals surface area contributed by atoms with Crippen molar-refractivity contribution >= 4 is 5.97 Å². The standard InChI is InChI=1S/C20H24O2/c1-3-8-15-9-5-6-10-16(15)13-14-17-11-7-12-19(20(21)22)18(17)4-2/h5-7,9-12H,3-4,8,13-14H2,1-2H3,(H,21,22). The van der Waals surface area contributed by atoms with E-state index >= 15 is 0 Å². The molecule has 0 saturated heterocycles. The Kier molecular flexibility index (Phi) is 5.76. The minimum atomic E-state index is -0.829. The lowest BCUT2D eigenvalue weighted by Gasteiger charge is -2.13. The molecule has 1 N–H and O–H groups in total. The van der Waals surface area contributed by atoms with Crippen molar-refractivity contribution in [1.29, 1.82) is 0 Å². The molecule has 0 bridgehead atoms. The molecule has 2 heteroatoms. The smallest absolute Gasteiger partial charge is 0.335 e. The molecule has 116 valence electrons. The molecule has 2 nitrogen and oxygen atoms in total. The molecule has 0 aliphatic rings. The normalized spacial score (nSPS) is 10.6. The van der Waals surface area contributed by atoms with Crippen molar-refractivity contribution in [2.75, 3.05) is 0 Å². The maximum atomic E-state index is 11.3. The summed E-state index contributed by atoms with van der Waals surface area (Å²) in [7, 11) is 0. The van der Waals surface area contributed by atoms with E-state index < -0.39 is 5.97 Å². The van der Waals surface area contributed by atoms with Gasteiger partial charge < -0.3 is 5.11 Å². The summed E-state index contributed by atoms with van der Waals surface area (Å²) in [6.07, 6.45) is 4.86. The van der Waals surface area contributed by atoms with Gasteiger partial charge in [0.05, 0.1) is 5.56 Å². The highest BCUT2D eigenvalue weighted by Gasteiger charge is 2.12. The molecule has 0 heterocycles. The molecule has 0 atom stereocenters. The van der Waals surface area contributed by atoms with Gasteiger partial charge in [-0.2, -0.15) is 0 Å². The zero-order valence-electron chi connectivity index (χ0n) is 13.4. The van der Waals surface area contributed by atoms with Crippen LogP contribution in [-0.4, -0.2) is 11.1 Å². The number of rotatable bonds is 7. The SMILES string of the molecule is CCCc1ccccc1CCc1cccc(C(=O)O)c1CC. The van der Waals surface area contributed by atoms with Crippen molar-refractivity contribution in [3.63, 3.8) is 0 Å². The van der Waals surface area contributed by atoms with Crippen LogP contribution in [0.2, 0.25) is 0 Å². The number of aromatic carboxylic acids is 1. The fraction of sp³-hybridized carbons (Fsp3) is 0.350. The van der Waals surface area contributed by atoms with Gasteiger partial charge in [0.15, 0.2) is 0 Å². The van der Waals surface area contributed by atoms with Gasteiger partial charge in [-0.3, -0.25) is 0 Å². The van der Waals surface area contributed by atoms with Gasteiger partial charge in [-0.1, -0.05) is 56.7 Å². The number of carbonyl (C=O) groups is 1. The number of carboxylic acid groups (broad SMARTS) is 1. The fourth-order valence-corrected chi connectivity index (χ4v) is 3.07. The Hall–Kier alpha value is -2.09. The Morgan fingerprint density at radius 1 is 0.864 bits per heavy atom. The molecule has 0 amide bonds. The average Bonchev–Trinajstić information content (AvgIpc) is 2.53. The second-order valence-electron chi connectivity index (χ2n) is 5.62. The van der Waals surface area contributed by atoms with Crippen molar-refractivity contribution in [1.82, 2.24) is 0 Å². The molecular formula is C20H24O2. The van der Waals surface area contributed by atoms with Gasteiger partial charge in [-0.25, -0.2) is 4.79 Å². The van der Waals surface area contributed by atoms with Gasteiger partial charge >= 0.3 is 5.97 Å². The Balaban J connectivity index is 2.22. The molecule has 2 aromatic carbocycles. The monoisotopic (exact) mass is 296 g/mol. The number of hydrogen-bond acceptors (Lipinski definition) is 1. The van der Waals surface area contributed by atoms with Crippen molar-refractivity contribution < 1.29 is 9.90 Å². The van der Waals surface area contributed by atoms with Gasteiger partial charge in [0.2, 0.25) is 0 Å². The highest BCUT2D eigenvalue weighted by atomic mass is 16.4. The summed E-state index contributed by atoms with van der Waals surface area (Å²) in [6.45, 7) is 4.22. The van der Waals surface area contributed by atoms with Crippen molar-refractivity contribution in [3.05, 3.63) is 70.3 Å². The summed E-state index contributed by atoms with van der Waals surface area (Å²) in [5.41, 5.74) is 5.38. The predicted octanol–water partition coefficient (Wildman–Crippen LogP) is 4.68. The molecule has 2 aromatic rings. The number of hydrogen-bond donors (Lipinski definition) is 1. The van der Waals surface area contributed by atoms with Crippen molar-refractivity contribution in [2.45, 2.75) is 46.0 Å². The maximum absolute atomic E-state index is 11.3. The summed E-state index contributed by atoms with van der Waals surface area (Å²) in [6, 6.07) is 14.2. The Morgan fingerprint density at radius 3 is 2.05 bits per heavy atom. The zero-order valence-corrected chi connectivity index (χ0v) is 13.4. The zero-order chi connectivity index (χ0) is 15.9. The summed E-state index contributed by atoms with van der Waals surface area (Å²) < 4.78 is 0. The van der Waals surface area contributed by atoms with Crippen LogP contribution in [0.1, 0.15) is 52.9 Å². The molecule has 2 rings (SSSR count). The quantitative estimate of drug-likeness (QED) is 0.805. The van der Waals surface area contributed by atoms with Crippen molar-refractivity contribution in [3.8, 4) is 0 Å². The fourth-order valence-electron chi connectivity index (χ4n) is 3.07. The lowest BCUT2D eigenvalue weighted by atomic mass is 9.92. The Labute approximate surface area is 132 Å². The molecule has 0 aliphatic carbocycles. The summed E-state index contributed by atoms with van der Waals surface area (Å²) in [5, 5.41) is 9.32. The van der Waals surface area contributed by atoms with E-state index in [4.69, 9.17) is 0 Å². The van der Waals surface area contributed by atoms with Crippen LogP contribution in [0.4, 0.5) is 0 Å². The second kappa shape index (κ2) is 7.79. The first-order chi connectivity index (χ1) is 10.7. The molecule has 0 radical (unpaired) electrons. The largest absolute Gasteiger partial charge is 0.478 e. The van der Waals surface area contributed by atoms with E-state index in [9.17, 15) is 9.90 Å². The van der Waals surface area contributed by atoms with E-state index in [1.807, 2.05) is 13.0 Å². The Bertz CT molecular complexity index is 644. The van der Waals surface area contributed by atoms with Crippen LogP contribution in [0.3, 0.4) is 0 Å². The summed E-state index contributed by atoms with van der Waals surface area (Å²) >= 11 is 0. The van der Waals surface area contributed by atoms with Gasteiger partial charge in [-0.05, 0) is 54.0 Å². The minimum Gasteiger partial charge on any atom is -0.478 e. The molecule has 0 saturated carbocycles. The van der Waals surface area contributed by atoms with E-state index in [1.54, 1.807) is 6.07 Å². The van der Waals surface area contributed by atoms with Gasteiger partial charge in [-0.15, -0.1) is 0 Å². The third kappa shape index (κ3) is 3.76. The number of aryl methyl sites for hydroxylation is 3. The van der Waals surface area contributed by atoms with Gasteiger partial charge in [0.25, 0.3) is 0 Å². The molecule has 0 spiro atoms. The highest BCUT2D eigenvalue weighted by molar-refractivity contribution is 5.89. The van der Waals surface area contributed by atoms with Crippen LogP contribution in [0.25, 0.3) is 0 Å². The molecule has 0 aliphatic heterocycles. The van der Waals surface area contributed by atoms with Crippen molar-refractivity contribution in [2.24, 2.45) is 0 Å². The average molecular weight is 296 g/mol. The van der Waals surface area contributed by atoms with Gasteiger partial charge in [0, 0.05) is 0 Å². The predicted molar refractivity (Wildman–Crippen MR) is 90.6 cm³/mol. The summed E-state index contributed by atoms with van der Waals surface area (Å²) in [4.78, 5) is 11.3. The number of benzene rings is 2. The highest BCUT2D eigenvalue weighted by Crippen LogP contribution is 2.20. The molecule has 0 unspecified atom stereocenters. The van der Waals surface area contributed by atoms with Crippen LogP contribution in [0, 0.1) is 0 Å². The third-order valence-electron chi connectivity index (χ3n) is 4.16. The van der Waals surface area contributed by atoms with E-state index in [2.05, 4.69) is 37.3 Å². The van der Waals surface area contributed by atoms with Crippen LogP contribution in [-0.2, 0) is 25.7 Å². The lowest BCUT2D eigenvalue weighted by Crippen LogP contribution is -2.06. The second-order valence-corrected chi connectivity index (χ2v) is 5.62. The van der Waals surface area contributed by atoms with E-state index in [-0.39, 0.29) is 0 Å². The lowest BCUT2D eigenvalue weighted by molar-refractivity contribution is 0.0695. The van der Waals surface area contributed by atoms with Crippen LogP contribution < -0.4 is 0 Å². The van der Waals surface area contributed by atoms with Crippen LogP contribution in [0.5, 0.6) is 0 Å². The van der Waals surface area contributed by atoms with Crippen LogP contribution in [0.15, 0.2) is 42.5 Å². The van der Waals surface area contributed by atoms with Crippen LogP contribution >= 0.6 is 0 Å². The van der Waals surface area contributed by atoms with Gasteiger partial charge in [0.1, 0.15) is 0 Å². The topological polar surface area (TPSA) is 37.3 Å². The first-order valence-corrected chi connectivity index (χ1v) is 8.08. The number of carboxylic acids is 1. The summed E-state index contributed by atoms with van der Waals surface area (Å²) in [5.74, 6) is -0.829. The molecule has 0 aromatic heterocycles. The maximum Gasteiger partial charge on any atom is 0.335 e. The Morgan fingerprint density at radius 2 is 1.45 bits per heavy atom. The molecule has 0 fully saturated rings. The molecular weight excluding hydrogens is 272 g/mol. The molecule has 22 heavy (non-hydrogen) atoms. The first-order valence-electron chi connectivity index (χ1n) is 8.08. The van der Waals surface area contributed by atoms with E-state index in [0.29, 0.717) is 5.56 Å². The minimum absolute atomic E-state index is 0.446. The van der Waals surface area contributed by atoms with E-state index in [1.165, 1.54) is 11.1 Å².